The van der Waals surface area contributed by atoms with Gasteiger partial charge in [-0.25, -0.2) is 9.07 Å². The second-order valence-corrected chi connectivity index (χ2v) is 5.14. The molecule has 0 N–H and O–H groups in total. The van der Waals surface area contributed by atoms with Gasteiger partial charge in [0, 0.05) is 10.6 Å². The third kappa shape index (κ3) is 2.76. The highest BCUT2D eigenvalue weighted by Gasteiger charge is 2.17. The van der Waals surface area contributed by atoms with Crippen molar-refractivity contribution in [3.05, 3.63) is 70.6 Å². The number of carbonyl (C=O) groups is 1. The molecule has 0 bridgehead atoms. The molecule has 6 heteroatoms. The van der Waals surface area contributed by atoms with Gasteiger partial charge in [0.25, 0.3) is 0 Å². The average molecular weight is 316 g/mol. The van der Waals surface area contributed by atoms with Gasteiger partial charge in [-0.2, -0.15) is 0 Å². The van der Waals surface area contributed by atoms with E-state index in [2.05, 4.69) is 10.3 Å². The Morgan fingerprint density at radius 2 is 1.86 bits per heavy atom. The smallest absolute Gasteiger partial charge is 0.172 e. The van der Waals surface area contributed by atoms with Gasteiger partial charge in [0.1, 0.15) is 11.5 Å². The minimum atomic E-state index is -0.426. The van der Waals surface area contributed by atoms with Gasteiger partial charge in [0.05, 0.1) is 6.54 Å². The zero-order chi connectivity index (χ0) is 15.5. The molecule has 1 aromatic heterocycles. The molecule has 0 spiro atoms. The summed E-state index contributed by atoms with van der Waals surface area (Å²) in [6.07, 6.45) is 0.577. The van der Waals surface area contributed by atoms with Crippen LogP contribution >= 0.6 is 11.6 Å². The van der Waals surface area contributed by atoms with Gasteiger partial charge in [-0.15, -0.1) is 5.10 Å². The van der Waals surface area contributed by atoms with Crippen LogP contribution in [-0.4, -0.2) is 21.3 Å². The number of hydrogen-bond acceptors (Lipinski definition) is 3. The standard InChI is InChI=1S/C16H11ClFN3O/c17-12-7-5-11(6-8-12)9-21-16(15(10-22)19-20-21)13-3-1-2-4-14(13)18/h1-8,10H,9H2. The highest BCUT2D eigenvalue weighted by molar-refractivity contribution is 6.30. The van der Waals surface area contributed by atoms with Crippen molar-refractivity contribution in [2.24, 2.45) is 0 Å². The molecule has 3 aromatic rings. The molecule has 0 aliphatic carbocycles. The lowest BCUT2D eigenvalue weighted by Gasteiger charge is -2.08. The summed E-state index contributed by atoms with van der Waals surface area (Å²) >= 11 is 5.86. The lowest BCUT2D eigenvalue weighted by molar-refractivity contribution is 0.111. The summed E-state index contributed by atoms with van der Waals surface area (Å²) in [6.45, 7) is 0.363. The van der Waals surface area contributed by atoms with Crippen LogP contribution in [0.5, 0.6) is 0 Å². The molecule has 0 atom stereocenters. The SMILES string of the molecule is O=Cc1nnn(Cc2ccc(Cl)cc2)c1-c1ccccc1F. The van der Waals surface area contributed by atoms with Gasteiger partial charge >= 0.3 is 0 Å². The van der Waals surface area contributed by atoms with E-state index in [0.717, 1.165) is 5.56 Å². The van der Waals surface area contributed by atoms with Gasteiger partial charge in [-0.3, -0.25) is 4.79 Å². The van der Waals surface area contributed by atoms with E-state index in [4.69, 9.17) is 11.6 Å². The molecule has 0 amide bonds. The fourth-order valence-corrected chi connectivity index (χ4v) is 2.34. The third-order valence-corrected chi connectivity index (χ3v) is 3.50. The molecule has 0 saturated carbocycles. The van der Waals surface area contributed by atoms with E-state index in [-0.39, 0.29) is 5.69 Å². The van der Waals surface area contributed by atoms with Gasteiger partial charge in [-0.05, 0) is 29.8 Å². The summed E-state index contributed by atoms with van der Waals surface area (Å²) in [7, 11) is 0. The first-order valence-corrected chi connectivity index (χ1v) is 6.95. The molecule has 4 nitrogen and oxygen atoms in total. The second kappa shape index (κ2) is 6.07. The quantitative estimate of drug-likeness (QED) is 0.691. The molecule has 2 aromatic carbocycles. The zero-order valence-electron chi connectivity index (χ0n) is 11.4. The van der Waals surface area contributed by atoms with Crippen LogP contribution < -0.4 is 0 Å². The summed E-state index contributed by atoms with van der Waals surface area (Å²) in [5.41, 5.74) is 1.69. The molecule has 0 radical (unpaired) electrons. The first kappa shape index (κ1) is 14.4. The van der Waals surface area contributed by atoms with Crippen molar-refractivity contribution in [2.75, 3.05) is 0 Å². The van der Waals surface area contributed by atoms with Crippen LogP contribution in [0.2, 0.25) is 5.02 Å². The van der Waals surface area contributed by atoms with Gasteiger partial charge < -0.3 is 0 Å². The van der Waals surface area contributed by atoms with Crippen LogP contribution in [0.3, 0.4) is 0 Å². The highest BCUT2D eigenvalue weighted by Crippen LogP contribution is 2.25. The van der Waals surface area contributed by atoms with E-state index in [1.807, 2.05) is 12.1 Å². The lowest BCUT2D eigenvalue weighted by Crippen LogP contribution is -2.05. The number of rotatable bonds is 4. The summed E-state index contributed by atoms with van der Waals surface area (Å²) in [5.74, 6) is -0.426. The molecular formula is C16H11ClFN3O. The molecular weight excluding hydrogens is 305 g/mol. The third-order valence-electron chi connectivity index (χ3n) is 3.25. The van der Waals surface area contributed by atoms with Crippen LogP contribution in [-0.2, 0) is 6.54 Å². The van der Waals surface area contributed by atoms with Gasteiger partial charge in [0.15, 0.2) is 12.0 Å². The average Bonchev–Trinajstić information content (AvgIpc) is 2.93. The van der Waals surface area contributed by atoms with Gasteiger partial charge in [-0.1, -0.05) is 41.1 Å². The van der Waals surface area contributed by atoms with Gasteiger partial charge in [0.2, 0.25) is 0 Å². The van der Waals surface area contributed by atoms with E-state index < -0.39 is 5.82 Å². The first-order valence-electron chi connectivity index (χ1n) is 6.57. The Bertz CT molecular complexity index is 815. The minimum absolute atomic E-state index is 0.110. The van der Waals surface area contributed by atoms with Crippen molar-refractivity contribution in [2.45, 2.75) is 6.54 Å². The fraction of sp³-hybridized carbons (Fsp3) is 0.0625. The number of nitrogens with zero attached hydrogens (tertiary/aromatic N) is 3. The van der Waals surface area contributed by atoms with Crippen LogP contribution in [0, 0.1) is 5.82 Å². The predicted molar refractivity (Wildman–Crippen MR) is 81.4 cm³/mol. The summed E-state index contributed by atoms with van der Waals surface area (Å²) in [5, 5.41) is 8.41. The second-order valence-electron chi connectivity index (χ2n) is 4.71. The van der Waals surface area contributed by atoms with Crippen LogP contribution in [0.15, 0.2) is 48.5 Å². The van der Waals surface area contributed by atoms with Crippen molar-refractivity contribution in [3.63, 3.8) is 0 Å². The number of hydrogen-bond donors (Lipinski definition) is 0. The van der Waals surface area contributed by atoms with E-state index in [1.54, 1.807) is 30.3 Å². The molecule has 0 aliphatic heterocycles. The molecule has 110 valence electrons. The fourth-order valence-electron chi connectivity index (χ4n) is 2.21. The van der Waals surface area contributed by atoms with E-state index >= 15 is 0 Å². The number of carbonyl (C=O) groups excluding carboxylic acids is 1. The highest BCUT2D eigenvalue weighted by atomic mass is 35.5. The van der Waals surface area contributed by atoms with Crippen LogP contribution in [0.4, 0.5) is 4.39 Å². The first-order chi connectivity index (χ1) is 10.7. The van der Waals surface area contributed by atoms with Crippen molar-refractivity contribution in [1.82, 2.24) is 15.0 Å². The summed E-state index contributed by atoms with van der Waals surface area (Å²) in [6, 6.07) is 13.4. The van der Waals surface area contributed by atoms with E-state index in [1.165, 1.54) is 10.7 Å². The Labute approximate surface area is 131 Å². The molecule has 22 heavy (non-hydrogen) atoms. The number of halogens is 2. The molecule has 0 unspecified atom stereocenters. The zero-order valence-corrected chi connectivity index (χ0v) is 12.2. The topological polar surface area (TPSA) is 47.8 Å². The Hall–Kier alpha value is -2.53. The van der Waals surface area contributed by atoms with Crippen molar-refractivity contribution < 1.29 is 9.18 Å². The Morgan fingerprint density at radius 3 is 2.55 bits per heavy atom. The lowest BCUT2D eigenvalue weighted by atomic mass is 10.1. The number of aldehydes is 1. The van der Waals surface area contributed by atoms with Crippen molar-refractivity contribution in [3.8, 4) is 11.3 Å². The molecule has 0 fully saturated rings. The number of aromatic nitrogens is 3. The normalized spacial score (nSPS) is 10.6. The maximum Gasteiger partial charge on any atom is 0.172 e. The predicted octanol–water partition coefficient (Wildman–Crippen LogP) is 3.60. The van der Waals surface area contributed by atoms with Crippen molar-refractivity contribution >= 4 is 17.9 Å². The van der Waals surface area contributed by atoms with Crippen LogP contribution in [0.25, 0.3) is 11.3 Å². The maximum absolute atomic E-state index is 14.0. The Morgan fingerprint density at radius 1 is 1.14 bits per heavy atom. The Kier molecular flexibility index (Phi) is 3.98. The van der Waals surface area contributed by atoms with Crippen LogP contribution in [0.1, 0.15) is 16.1 Å². The summed E-state index contributed by atoms with van der Waals surface area (Å²) < 4.78 is 15.5. The van der Waals surface area contributed by atoms with E-state index in [0.29, 0.717) is 29.1 Å². The molecule has 1 heterocycles. The molecule has 0 aliphatic rings. The van der Waals surface area contributed by atoms with E-state index in [9.17, 15) is 9.18 Å². The van der Waals surface area contributed by atoms with Crippen molar-refractivity contribution in [1.29, 1.82) is 0 Å². The number of benzene rings is 2. The maximum atomic E-state index is 14.0. The monoisotopic (exact) mass is 315 g/mol. The largest absolute Gasteiger partial charge is 0.296 e. The molecule has 3 rings (SSSR count). The Balaban J connectivity index is 2.06. The minimum Gasteiger partial charge on any atom is -0.296 e. The summed E-state index contributed by atoms with van der Waals surface area (Å²) in [4.78, 5) is 11.2. The molecule has 0 saturated heterocycles.